The average Bonchev–Trinajstić information content (AvgIpc) is 3.32. The molecular weight excluding hydrogens is 422 g/mol. The van der Waals surface area contributed by atoms with Gasteiger partial charge in [-0.1, -0.05) is 146 Å². The van der Waals surface area contributed by atoms with Crippen molar-refractivity contribution in [2.45, 2.75) is 105 Å². The maximum Gasteiger partial charge on any atom is 0.110 e. The topological polar surface area (TPSA) is 23.8 Å². The molecule has 0 spiro atoms. The standard InChI is InChI=1S/C20H21N.C8H16.C6H14/c1-16-12-13-19(14-16)20(15-21,17-8-4-2-5-9-17)18-10-6-3-7-11-18;1-5-6-8(4)7(2)3;1-3-5-6-4-2/h2-11,16,19H,12-14H2,1H3;8H,2,5-6H2,1,3-4H3;3-6H2,1-2H3/t;8-;/m.1./s1. The highest BCUT2D eigenvalue weighted by Crippen LogP contribution is 2.48. The molecule has 2 aromatic carbocycles. The fourth-order valence-electron chi connectivity index (χ4n) is 5.04. The molecule has 35 heavy (non-hydrogen) atoms. The summed E-state index contributed by atoms with van der Waals surface area (Å²) in [7, 11) is 0. The summed E-state index contributed by atoms with van der Waals surface area (Å²) in [5, 5.41) is 10.2. The summed E-state index contributed by atoms with van der Waals surface area (Å²) >= 11 is 0. The second-order valence-corrected chi connectivity index (χ2v) is 10.5. The van der Waals surface area contributed by atoms with E-state index in [0.29, 0.717) is 5.92 Å². The zero-order valence-corrected chi connectivity index (χ0v) is 23.5. The van der Waals surface area contributed by atoms with E-state index in [4.69, 9.17) is 0 Å². The van der Waals surface area contributed by atoms with Gasteiger partial charge in [-0.05, 0) is 55.1 Å². The first-order valence-electron chi connectivity index (χ1n) is 14.0. The van der Waals surface area contributed by atoms with Crippen molar-refractivity contribution in [3.63, 3.8) is 0 Å². The second kappa shape index (κ2) is 17.2. The highest BCUT2D eigenvalue weighted by atomic mass is 14.5. The molecule has 1 nitrogen and oxygen atoms in total. The smallest absolute Gasteiger partial charge is 0.110 e. The zero-order valence-electron chi connectivity index (χ0n) is 23.5. The van der Waals surface area contributed by atoms with Crippen LogP contribution in [-0.2, 0) is 5.41 Å². The first-order chi connectivity index (χ1) is 16.9. The number of benzene rings is 2. The van der Waals surface area contributed by atoms with Gasteiger partial charge in [-0.15, -0.1) is 0 Å². The summed E-state index contributed by atoms with van der Waals surface area (Å²) in [4.78, 5) is 0. The molecule has 1 aliphatic rings. The highest BCUT2D eigenvalue weighted by Gasteiger charge is 2.44. The molecule has 2 aromatic rings. The first-order valence-corrected chi connectivity index (χ1v) is 14.0. The lowest BCUT2D eigenvalue weighted by Gasteiger charge is -2.34. The van der Waals surface area contributed by atoms with Crippen LogP contribution in [0.5, 0.6) is 0 Å². The predicted octanol–water partition coefficient (Wildman–Crippen LogP) is 10.5. The Morgan fingerprint density at radius 2 is 1.40 bits per heavy atom. The van der Waals surface area contributed by atoms with Crippen LogP contribution in [0, 0.1) is 29.1 Å². The molecule has 1 heteroatoms. The van der Waals surface area contributed by atoms with Crippen LogP contribution in [0.2, 0.25) is 0 Å². The lowest BCUT2D eigenvalue weighted by Crippen LogP contribution is -2.34. The highest BCUT2D eigenvalue weighted by molar-refractivity contribution is 5.47. The normalized spacial score (nSPS) is 17.7. The van der Waals surface area contributed by atoms with Crippen molar-refractivity contribution in [3.8, 4) is 6.07 Å². The Labute approximate surface area is 217 Å². The molecule has 1 aliphatic carbocycles. The lowest BCUT2D eigenvalue weighted by molar-refractivity contribution is 0.389. The fourth-order valence-corrected chi connectivity index (χ4v) is 5.04. The van der Waals surface area contributed by atoms with Gasteiger partial charge in [-0.2, -0.15) is 5.26 Å². The molecule has 2 unspecified atom stereocenters. The number of rotatable bonds is 9. The minimum atomic E-state index is -0.507. The summed E-state index contributed by atoms with van der Waals surface area (Å²) in [5.74, 6) is 1.84. The molecule has 1 saturated carbocycles. The molecule has 0 aromatic heterocycles. The summed E-state index contributed by atoms with van der Waals surface area (Å²) in [6, 6.07) is 23.4. The minimum Gasteiger partial charge on any atom is -0.197 e. The maximum atomic E-state index is 10.2. The molecule has 0 N–H and O–H groups in total. The number of hydrogen-bond acceptors (Lipinski definition) is 1. The third-order valence-corrected chi connectivity index (χ3v) is 7.46. The molecule has 1 fully saturated rings. The first kappa shape index (κ1) is 30.7. The number of nitrogens with zero attached hydrogens (tertiary/aromatic N) is 1. The van der Waals surface area contributed by atoms with Crippen molar-refractivity contribution in [2.24, 2.45) is 17.8 Å². The molecule has 0 saturated heterocycles. The number of nitriles is 1. The molecule has 192 valence electrons. The van der Waals surface area contributed by atoms with Crippen LogP contribution in [-0.4, -0.2) is 0 Å². The third kappa shape index (κ3) is 9.68. The van der Waals surface area contributed by atoms with Gasteiger partial charge in [0.25, 0.3) is 0 Å². The second-order valence-electron chi connectivity index (χ2n) is 10.5. The van der Waals surface area contributed by atoms with Crippen LogP contribution >= 0.6 is 0 Å². The summed E-state index contributed by atoms with van der Waals surface area (Å²) in [6.07, 6.45) is 11.6. The van der Waals surface area contributed by atoms with Crippen molar-refractivity contribution in [2.75, 3.05) is 0 Å². The summed E-state index contributed by atoms with van der Waals surface area (Å²) < 4.78 is 0. The van der Waals surface area contributed by atoms with Gasteiger partial charge in [-0.25, -0.2) is 0 Å². The third-order valence-electron chi connectivity index (χ3n) is 7.46. The van der Waals surface area contributed by atoms with E-state index in [2.05, 4.69) is 78.5 Å². The van der Waals surface area contributed by atoms with E-state index in [9.17, 15) is 5.26 Å². The molecule has 0 heterocycles. The number of hydrogen-bond donors (Lipinski definition) is 0. The van der Waals surface area contributed by atoms with E-state index in [1.54, 1.807) is 0 Å². The number of unbranched alkanes of at least 4 members (excludes halogenated alkanes) is 3. The van der Waals surface area contributed by atoms with Crippen LogP contribution in [0.4, 0.5) is 0 Å². The van der Waals surface area contributed by atoms with Crippen molar-refractivity contribution in [1.29, 1.82) is 5.26 Å². The van der Waals surface area contributed by atoms with Gasteiger partial charge in [0.2, 0.25) is 0 Å². The molecule has 3 atom stereocenters. The van der Waals surface area contributed by atoms with Gasteiger partial charge >= 0.3 is 0 Å². The van der Waals surface area contributed by atoms with E-state index in [1.807, 2.05) is 36.4 Å². The van der Waals surface area contributed by atoms with E-state index < -0.39 is 5.41 Å². The van der Waals surface area contributed by atoms with Crippen molar-refractivity contribution < 1.29 is 0 Å². The Kier molecular flexibility index (Phi) is 15.0. The van der Waals surface area contributed by atoms with Crippen LogP contribution in [0.3, 0.4) is 0 Å². The Bertz CT molecular complexity index is 802. The van der Waals surface area contributed by atoms with Crippen LogP contribution < -0.4 is 0 Å². The van der Waals surface area contributed by atoms with Crippen LogP contribution in [0.1, 0.15) is 110 Å². The van der Waals surface area contributed by atoms with Crippen molar-refractivity contribution in [3.05, 3.63) is 83.9 Å². The molecular formula is C34H51N. The largest absolute Gasteiger partial charge is 0.197 e. The van der Waals surface area contributed by atoms with Gasteiger partial charge in [-0.3, -0.25) is 0 Å². The molecule has 0 amide bonds. The molecule has 0 bridgehead atoms. The van der Waals surface area contributed by atoms with Crippen LogP contribution in [0.25, 0.3) is 0 Å². The van der Waals surface area contributed by atoms with E-state index in [1.165, 1.54) is 50.5 Å². The quantitative estimate of drug-likeness (QED) is 0.262. The van der Waals surface area contributed by atoms with Gasteiger partial charge in [0.1, 0.15) is 5.41 Å². The van der Waals surface area contributed by atoms with Gasteiger partial charge < -0.3 is 0 Å². The molecule has 3 rings (SSSR count). The van der Waals surface area contributed by atoms with Gasteiger partial charge in [0.15, 0.2) is 0 Å². The Balaban J connectivity index is 0.000000363. The summed E-state index contributed by atoms with van der Waals surface area (Å²) in [6.45, 7) is 17.2. The Hall–Kier alpha value is -2.33. The number of allylic oxidation sites excluding steroid dienone is 1. The van der Waals surface area contributed by atoms with E-state index >= 15 is 0 Å². The lowest BCUT2D eigenvalue weighted by atomic mass is 9.66. The Morgan fingerprint density at radius 1 is 0.914 bits per heavy atom. The van der Waals surface area contributed by atoms with Crippen molar-refractivity contribution in [1.82, 2.24) is 0 Å². The van der Waals surface area contributed by atoms with Gasteiger partial charge in [0.05, 0.1) is 6.07 Å². The monoisotopic (exact) mass is 473 g/mol. The Morgan fingerprint density at radius 3 is 1.69 bits per heavy atom. The van der Waals surface area contributed by atoms with E-state index in [0.717, 1.165) is 35.8 Å². The van der Waals surface area contributed by atoms with Crippen molar-refractivity contribution >= 4 is 0 Å². The zero-order chi connectivity index (χ0) is 26.1. The fraction of sp³-hybridized carbons (Fsp3) is 0.559. The average molecular weight is 474 g/mol. The van der Waals surface area contributed by atoms with E-state index in [-0.39, 0.29) is 0 Å². The summed E-state index contributed by atoms with van der Waals surface area (Å²) in [5.41, 5.74) is 3.08. The maximum absolute atomic E-state index is 10.2. The van der Waals surface area contributed by atoms with Crippen LogP contribution in [0.15, 0.2) is 72.8 Å². The molecule has 0 radical (unpaired) electrons. The molecule has 0 aliphatic heterocycles. The van der Waals surface area contributed by atoms with Gasteiger partial charge in [0, 0.05) is 0 Å². The minimum absolute atomic E-state index is 0.405. The predicted molar refractivity (Wildman–Crippen MR) is 154 cm³/mol. The SMILES string of the molecule is C=C(C)[C@H](C)CCC.CC1CCC(C(C#N)(c2ccccc2)c2ccccc2)C1.CCCCCC.